The summed E-state index contributed by atoms with van der Waals surface area (Å²) in [6, 6.07) is 8.91. The summed E-state index contributed by atoms with van der Waals surface area (Å²) in [7, 11) is -0.725. The minimum Gasteiger partial charge on any atom is -0.406 e. The van der Waals surface area contributed by atoms with Gasteiger partial charge in [-0.1, -0.05) is 0 Å². The van der Waals surface area contributed by atoms with E-state index in [1.807, 2.05) is 0 Å². The molecule has 0 aliphatic carbocycles. The van der Waals surface area contributed by atoms with Gasteiger partial charge in [0.25, 0.3) is 15.9 Å². The number of nitrogens with zero attached hydrogens (tertiary/aromatic N) is 2. The van der Waals surface area contributed by atoms with Crippen LogP contribution >= 0.6 is 0 Å². The minimum absolute atomic E-state index is 0.145. The molecule has 0 aromatic heterocycles. The standard InChI is InChI=1S/C19H19F3N2O4S/c1-23(2)18(25)14-5-10-17-13(12-14)4-3-11-24(17)29(26,27)16-8-6-15(7-9-16)28-19(20,21)22/h5-10,12H,3-4,11H2,1-2H3. The summed E-state index contributed by atoms with van der Waals surface area (Å²) in [5, 5.41) is 0. The van der Waals surface area contributed by atoms with Crippen LogP contribution in [0.5, 0.6) is 5.75 Å². The third kappa shape index (κ3) is 4.47. The van der Waals surface area contributed by atoms with Crippen LogP contribution in [-0.2, 0) is 16.4 Å². The number of hydrogen-bond donors (Lipinski definition) is 0. The van der Waals surface area contributed by atoms with Gasteiger partial charge in [-0.3, -0.25) is 9.10 Å². The number of rotatable bonds is 4. The van der Waals surface area contributed by atoms with Gasteiger partial charge in [0.1, 0.15) is 5.75 Å². The molecule has 0 radical (unpaired) electrons. The highest BCUT2D eigenvalue weighted by atomic mass is 32.2. The lowest BCUT2D eigenvalue weighted by atomic mass is 10.0. The van der Waals surface area contributed by atoms with Gasteiger partial charge in [0.2, 0.25) is 0 Å². The van der Waals surface area contributed by atoms with E-state index >= 15 is 0 Å². The number of carbonyl (C=O) groups is 1. The Morgan fingerprint density at radius 2 is 1.76 bits per heavy atom. The van der Waals surface area contributed by atoms with E-state index in [9.17, 15) is 26.4 Å². The number of anilines is 1. The highest BCUT2D eigenvalue weighted by molar-refractivity contribution is 7.92. The molecule has 0 fully saturated rings. The molecule has 0 bridgehead atoms. The van der Waals surface area contributed by atoms with Gasteiger partial charge in [-0.05, 0) is 60.9 Å². The Morgan fingerprint density at radius 3 is 2.34 bits per heavy atom. The fraction of sp³-hybridized carbons (Fsp3) is 0.316. The van der Waals surface area contributed by atoms with Crippen molar-refractivity contribution in [3.05, 3.63) is 53.6 Å². The first-order chi connectivity index (χ1) is 13.5. The number of aryl methyl sites for hydroxylation is 1. The van der Waals surface area contributed by atoms with Crippen molar-refractivity contribution in [2.24, 2.45) is 0 Å². The molecule has 2 aromatic carbocycles. The molecule has 0 N–H and O–H groups in total. The molecule has 1 aliphatic rings. The van der Waals surface area contributed by atoms with E-state index in [0.717, 1.165) is 29.8 Å². The molecular weight excluding hydrogens is 409 g/mol. The van der Waals surface area contributed by atoms with Crippen LogP contribution in [0.3, 0.4) is 0 Å². The molecule has 0 saturated heterocycles. The van der Waals surface area contributed by atoms with Crippen molar-refractivity contribution in [1.29, 1.82) is 0 Å². The summed E-state index contributed by atoms with van der Waals surface area (Å²) < 4.78 is 68.0. The van der Waals surface area contributed by atoms with Crippen molar-refractivity contribution in [2.75, 3.05) is 24.9 Å². The lowest BCUT2D eigenvalue weighted by Crippen LogP contribution is -2.35. The smallest absolute Gasteiger partial charge is 0.406 e. The Bertz CT molecular complexity index is 1020. The van der Waals surface area contributed by atoms with E-state index in [2.05, 4.69) is 4.74 Å². The third-order valence-electron chi connectivity index (χ3n) is 4.45. The van der Waals surface area contributed by atoms with Gasteiger partial charge in [0, 0.05) is 26.2 Å². The van der Waals surface area contributed by atoms with Crippen molar-refractivity contribution in [2.45, 2.75) is 24.1 Å². The second kappa shape index (κ2) is 7.58. The highest BCUT2D eigenvalue weighted by Crippen LogP contribution is 2.33. The predicted molar refractivity (Wildman–Crippen MR) is 100 cm³/mol. The Hall–Kier alpha value is -2.75. The van der Waals surface area contributed by atoms with Crippen LogP contribution in [-0.4, -0.2) is 46.2 Å². The molecule has 156 valence electrons. The molecular formula is C19H19F3N2O4S. The number of ether oxygens (including phenoxy) is 1. The van der Waals surface area contributed by atoms with Crippen LogP contribution in [0.2, 0.25) is 0 Å². The van der Waals surface area contributed by atoms with Crippen LogP contribution in [0.4, 0.5) is 18.9 Å². The van der Waals surface area contributed by atoms with E-state index in [4.69, 9.17) is 0 Å². The Balaban J connectivity index is 1.92. The molecule has 6 nitrogen and oxygen atoms in total. The molecule has 2 aromatic rings. The molecule has 0 atom stereocenters. The van der Waals surface area contributed by atoms with Crippen molar-refractivity contribution in [3.8, 4) is 5.75 Å². The van der Waals surface area contributed by atoms with E-state index in [1.54, 1.807) is 32.3 Å². The maximum absolute atomic E-state index is 13.1. The average Bonchev–Trinajstić information content (AvgIpc) is 2.65. The topological polar surface area (TPSA) is 66.9 Å². The summed E-state index contributed by atoms with van der Waals surface area (Å²) >= 11 is 0. The van der Waals surface area contributed by atoms with Gasteiger partial charge >= 0.3 is 6.36 Å². The lowest BCUT2D eigenvalue weighted by Gasteiger charge is -2.31. The van der Waals surface area contributed by atoms with Gasteiger partial charge in [0.15, 0.2) is 0 Å². The quantitative estimate of drug-likeness (QED) is 0.749. The summed E-state index contributed by atoms with van der Waals surface area (Å²) in [5.41, 5.74) is 1.65. The summed E-state index contributed by atoms with van der Waals surface area (Å²) in [4.78, 5) is 13.5. The molecule has 10 heteroatoms. The zero-order valence-corrected chi connectivity index (χ0v) is 16.5. The Kier molecular flexibility index (Phi) is 5.48. The molecule has 1 amide bonds. The van der Waals surface area contributed by atoms with E-state index < -0.39 is 22.1 Å². The van der Waals surface area contributed by atoms with Crippen LogP contribution in [0.25, 0.3) is 0 Å². The maximum Gasteiger partial charge on any atom is 0.573 e. The average molecular weight is 428 g/mol. The van der Waals surface area contributed by atoms with Gasteiger partial charge in [-0.25, -0.2) is 8.42 Å². The first kappa shape index (κ1) is 21.0. The monoisotopic (exact) mass is 428 g/mol. The zero-order chi connectivity index (χ0) is 21.4. The molecule has 1 heterocycles. The van der Waals surface area contributed by atoms with Crippen molar-refractivity contribution in [3.63, 3.8) is 0 Å². The predicted octanol–water partition coefficient (Wildman–Crippen LogP) is 3.43. The van der Waals surface area contributed by atoms with Crippen molar-refractivity contribution < 1.29 is 31.1 Å². The van der Waals surface area contributed by atoms with Crippen LogP contribution < -0.4 is 9.04 Å². The highest BCUT2D eigenvalue weighted by Gasteiger charge is 2.32. The number of benzene rings is 2. The van der Waals surface area contributed by atoms with Crippen LogP contribution in [0.15, 0.2) is 47.4 Å². The number of carbonyl (C=O) groups excluding carboxylic acids is 1. The third-order valence-corrected chi connectivity index (χ3v) is 6.28. The number of halogens is 3. The minimum atomic E-state index is -4.85. The van der Waals surface area contributed by atoms with Crippen molar-refractivity contribution >= 4 is 21.6 Å². The Morgan fingerprint density at radius 1 is 1.10 bits per heavy atom. The fourth-order valence-electron chi connectivity index (χ4n) is 3.14. The molecule has 29 heavy (non-hydrogen) atoms. The first-order valence-corrected chi connectivity index (χ1v) is 10.2. The molecule has 0 unspecified atom stereocenters. The van der Waals surface area contributed by atoms with E-state index in [1.165, 1.54) is 9.21 Å². The van der Waals surface area contributed by atoms with Crippen LogP contribution in [0, 0.1) is 0 Å². The number of amides is 1. The fourth-order valence-corrected chi connectivity index (χ4v) is 4.69. The van der Waals surface area contributed by atoms with Gasteiger partial charge in [0.05, 0.1) is 10.6 Å². The molecule has 3 rings (SSSR count). The first-order valence-electron chi connectivity index (χ1n) is 8.72. The molecule has 1 aliphatic heterocycles. The van der Waals surface area contributed by atoms with Crippen molar-refractivity contribution in [1.82, 2.24) is 4.90 Å². The number of alkyl halides is 3. The Labute approximate surface area is 166 Å². The number of sulfonamides is 1. The van der Waals surface area contributed by atoms with Gasteiger partial charge < -0.3 is 9.64 Å². The van der Waals surface area contributed by atoms with Gasteiger partial charge in [-0.15, -0.1) is 13.2 Å². The molecule has 0 spiro atoms. The van der Waals surface area contributed by atoms with Gasteiger partial charge in [-0.2, -0.15) is 0 Å². The normalized spacial score (nSPS) is 14.3. The molecule has 0 saturated carbocycles. The van der Waals surface area contributed by atoms with Crippen LogP contribution in [0.1, 0.15) is 22.3 Å². The van der Waals surface area contributed by atoms with E-state index in [-0.39, 0.29) is 17.3 Å². The summed E-state index contributed by atoms with van der Waals surface area (Å²) in [6.07, 6.45) is -3.68. The number of hydrogen-bond acceptors (Lipinski definition) is 4. The lowest BCUT2D eigenvalue weighted by molar-refractivity contribution is -0.274. The maximum atomic E-state index is 13.1. The zero-order valence-electron chi connectivity index (χ0n) is 15.7. The number of fused-ring (bicyclic) bond motifs is 1. The SMILES string of the molecule is CN(C)C(=O)c1ccc2c(c1)CCCN2S(=O)(=O)c1ccc(OC(F)(F)F)cc1. The summed E-state index contributed by atoms with van der Waals surface area (Å²) in [5.74, 6) is -0.685. The summed E-state index contributed by atoms with van der Waals surface area (Å²) in [6.45, 7) is 0.233. The second-order valence-electron chi connectivity index (χ2n) is 6.74. The van der Waals surface area contributed by atoms with E-state index in [0.29, 0.717) is 24.1 Å². The second-order valence-corrected chi connectivity index (χ2v) is 8.61. The largest absolute Gasteiger partial charge is 0.573 e.